The molecule has 2 heteroatoms. The Morgan fingerprint density at radius 2 is 1.79 bits per heavy atom. The van der Waals surface area contributed by atoms with Crippen molar-refractivity contribution in [1.29, 1.82) is 0 Å². The third-order valence-electron chi connectivity index (χ3n) is 4.35. The molecule has 19 heavy (non-hydrogen) atoms. The fraction of sp³-hybridized carbons (Fsp3) is 0.353. The Kier molecular flexibility index (Phi) is 3.34. The Labute approximate surface area is 114 Å². The highest BCUT2D eigenvalue weighted by Gasteiger charge is 2.45. The van der Waals surface area contributed by atoms with Crippen LogP contribution in [0.2, 0.25) is 0 Å². The average molecular weight is 252 g/mol. The van der Waals surface area contributed by atoms with Crippen LogP contribution in [0.4, 0.5) is 0 Å². The summed E-state index contributed by atoms with van der Waals surface area (Å²) in [7, 11) is 2.04. The normalized spacial score (nSPS) is 25.8. The van der Waals surface area contributed by atoms with E-state index in [2.05, 4.69) is 52.8 Å². The van der Waals surface area contributed by atoms with Crippen LogP contribution >= 0.6 is 0 Å². The zero-order valence-corrected chi connectivity index (χ0v) is 11.3. The maximum absolute atomic E-state index is 4.13. The summed E-state index contributed by atoms with van der Waals surface area (Å²) in [6, 6.07) is 15.2. The Morgan fingerprint density at radius 1 is 1.11 bits per heavy atom. The minimum absolute atomic E-state index is 0.290. The molecule has 98 valence electrons. The van der Waals surface area contributed by atoms with Gasteiger partial charge < -0.3 is 5.32 Å². The molecule has 2 aromatic rings. The number of benzene rings is 1. The molecule has 0 aliphatic heterocycles. The Bertz CT molecular complexity index is 515. The number of likely N-dealkylation sites (N-methyl/N-ethyl adjacent to an activating group) is 1. The lowest BCUT2D eigenvalue weighted by atomic mass is 9.57. The zero-order valence-electron chi connectivity index (χ0n) is 11.3. The lowest BCUT2D eigenvalue weighted by Gasteiger charge is -2.48. The minimum atomic E-state index is 0.290. The van der Waals surface area contributed by atoms with Crippen molar-refractivity contribution in [3.8, 4) is 0 Å². The number of hydrogen-bond acceptors (Lipinski definition) is 2. The first-order valence-electron chi connectivity index (χ1n) is 6.94. The number of nitrogens with zero attached hydrogens (tertiary/aromatic N) is 1. The number of hydrogen-bond donors (Lipinski definition) is 1. The van der Waals surface area contributed by atoms with Crippen LogP contribution in [-0.2, 0) is 5.41 Å². The monoisotopic (exact) mass is 252 g/mol. The second-order valence-corrected chi connectivity index (χ2v) is 5.56. The summed E-state index contributed by atoms with van der Waals surface area (Å²) in [5.74, 6) is 0.697. The predicted molar refractivity (Wildman–Crippen MR) is 78.3 cm³/mol. The molecule has 1 aromatic heterocycles. The van der Waals surface area contributed by atoms with Crippen LogP contribution in [0.3, 0.4) is 0 Å². The molecule has 1 aliphatic rings. The van der Waals surface area contributed by atoms with Crippen molar-refractivity contribution in [2.24, 2.45) is 0 Å². The molecule has 0 unspecified atom stereocenters. The van der Waals surface area contributed by atoms with Crippen LogP contribution in [-0.4, -0.2) is 18.6 Å². The summed E-state index contributed by atoms with van der Waals surface area (Å²) >= 11 is 0. The van der Waals surface area contributed by atoms with E-state index in [1.807, 2.05) is 19.4 Å². The van der Waals surface area contributed by atoms with Crippen molar-refractivity contribution in [1.82, 2.24) is 10.3 Å². The summed E-state index contributed by atoms with van der Waals surface area (Å²) in [5.41, 5.74) is 3.19. The van der Waals surface area contributed by atoms with Crippen molar-refractivity contribution in [2.45, 2.75) is 24.2 Å². The van der Waals surface area contributed by atoms with Crippen LogP contribution in [0.1, 0.15) is 29.9 Å². The average Bonchev–Trinajstić information content (AvgIpc) is 2.44. The Morgan fingerprint density at radius 3 is 2.42 bits per heavy atom. The number of aromatic nitrogens is 1. The van der Waals surface area contributed by atoms with E-state index in [9.17, 15) is 0 Å². The molecule has 1 aliphatic carbocycles. The largest absolute Gasteiger partial charge is 0.319 e. The molecular formula is C17H20N2. The summed E-state index contributed by atoms with van der Waals surface area (Å²) in [6.07, 6.45) is 6.26. The highest BCUT2D eigenvalue weighted by Crippen LogP contribution is 2.52. The van der Waals surface area contributed by atoms with E-state index < -0.39 is 0 Å². The van der Waals surface area contributed by atoms with E-state index in [0.717, 1.165) is 6.54 Å². The first kappa shape index (κ1) is 12.4. The van der Waals surface area contributed by atoms with Crippen molar-refractivity contribution in [3.05, 3.63) is 66.0 Å². The van der Waals surface area contributed by atoms with Gasteiger partial charge in [-0.15, -0.1) is 0 Å². The van der Waals surface area contributed by atoms with Gasteiger partial charge in [-0.1, -0.05) is 30.3 Å². The van der Waals surface area contributed by atoms with E-state index in [1.165, 1.54) is 24.0 Å². The van der Waals surface area contributed by atoms with E-state index in [-0.39, 0.29) is 5.41 Å². The van der Waals surface area contributed by atoms with Crippen LogP contribution in [0.5, 0.6) is 0 Å². The first-order chi connectivity index (χ1) is 9.34. The summed E-state index contributed by atoms with van der Waals surface area (Å²) in [5, 5.41) is 3.36. The van der Waals surface area contributed by atoms with Gasteiger partial charge in [0.2, 0.25) is 0 Å². The van der Waals surface area contributed by atoms with Crippen molar-refractivity contribution >= 4 is 0 Å². The minimum Gasteiger partial charge on any atom is -0.319 e. The molecule has 2 nitrogen and oxygen atoms in total. The van der Waals surface area contributed by atoms with Gasteiger partial charge in [0.25, 0.3) is 0 Å². The SMILES string of the molecule is CNCC1(c2ccncc2)CC(c2ccccc2)C1. The van der Waals surface area contributed by atoms with Crippen LogP contribution < -0.4 is 5.32 Å². The van der Waals surface area contributed by atoms with E-state index in [4.69, 9.17) is 0 Å². The lowest BCUT2D eigenvalue weighted by molar-refractivity contribution is 0.198. The number of rotatable bonds is 4. The van der Waals surface area contributed by atoms with Gasteiger partial charge >= 0.3 is 0 Å². The molecule has 1 fully saturated rings. The zero-order chi connectivity index (χ0) is 13.1. The fourth-order valence-electron chi connectivity index (χ4n) is 3.37. The Balaban J connectivity index is 1.80. The van der Waals surface area contributed by atoms with Crippen molar-refractivity contribution in [3.63, 3.8) is 0 Å². The molecule has 0 amide bonds. The molecule has 0 atom stereocenters. The van der Waals surface area contributed by atoms with Crippen LogP contribution in [0, 0.1) is 0 Å². The molecule has 0 bridgehead atoms. The van der Waals surface area contributed by atoms with Crippen LogP contribution in [0.15, 0.2) is 54.9 Å². The van der Waals surface area contributed by atoms with Gasteiger partial charge in [0, 0.05) is 24.4 Å². The summed E-state index contributed by atoms with van der Waals surface area (Å²) in [4.78, 5) is 4.13. The molecule has 1 saturated carbocycles. The van der Waals surface area contributed by atoms with Gasteiger partial charge in [0.05, 0.1) is 0 Å². The molecule has 3 rings (SSSR count). The molecular weight excluding hydrogens is 232 g/mol. The molecule has 0 spiro atoms. The summed E-state index contributed by atoms with van der Waals surface area (Å²) in [6.45, 7) is 1.04. The van der Waals surface area contributed by atoms with Crippen molar-refractivity contribution < 1.29 is 0 Å². The Hall–Kier alpha value is -1.67. The van der Waals surface area contributed by atoms with E-state index in [0.29, 0.717) is 5.92 Å². The maximum atomic E-state index is 4.13. The van der Waals surface area contributed by atoms with E-state index >= 15 is 0 Å². The maximum Gasteiger partial charge on any atom is 0.0270 e. The van der Waals surface area contributed by atoms with E-state index in [1.54, 1.807) is 0 Å². The molecule has 0 saturated heterocycles. The van der Waals surface area contributed by atoms with Gasteiger partial charge in [0.1, 0.15) is 0 Å². The van der Waals surface area contributed by atoms with Crippen LogP contribution in [0.25, 0.3) is 0 Å². The number of pyridine rings is 1. The second kappa shape index (κ2) is 5.14. The van der Waals surface area contributed by atoms with Crippen molar-refractivity contribution in [2.75, 3.05) is 13.6 Å². The quantitative estimate of drug-likeness (QED) is 0.904. The molecule has 0 radical (unpaired) electrons. The molecule has 1 aromatic carbocycles. The topological polar surface area (TPSA) is 24.9 Å². The second-order valence-electron chi connectivity index (χ2n) is 5.56. The van der Waals surface area contributed by atoms with Gasteiger partial charge in [-0.2, -0.15) is 0 Å². The summed E-state index contributed by atoms with van der Waals surface area (Å²) < 4.78 is 0. The van der Waals surface area contributed by atoms with Gasteiger partial charge in [-0.05, 0) is 49.1 Å². The lowest BCUT2D eigenvalue weighted by Crippen LogP contribution is -2.46. The fourth-order valence-corrected chi connectivity index (χ4v) is 3.37. The first-order valence-corrected chi connectivity index (χ1v) is 6.94. The smallest absolute Gasteiger partial charge is 0.0270 e. The third kappa shape index (κ3) is 2.28. The predicted octanol–water partition coefficient (Wildman–Crippen LogP) is 3.12. The highest BCUT2D eigenvalue weighted by molar-refractivity contribution is 5.34. The highest BCUT2D eigenvalue weighted by atomic mass is 14.8. The van der Waals surface area contributed by atoms with Gasteiger partial charge in [-0.25, -0.2) is 0 Å². The third-order valence-corrected chi connectivity index (χ3v) is 4.35. The molecule has 1 heterocycles. The molecule has 1 N–H and O–H groups in total. The number of nitrogens with one attached hydrogen (secondary N) is 1. The van der Waals surface area contributed by atoms with Gasteiger partial charge in [0.15, 0.2) is 0 Å². The van der Waals surface area contributed by atoms with Gasteiger partial charge in [-0.3, -0.25) is 4.98 Å². The standard InChI is InChI=1S/C17H20N2/c1-18-13-17(16-7-9-19-10-8-16)11-15(12-17)14-5-3-2-4-6-14/h2-10,15,18H,11-13H2,1H3.